The number of ether oxygens (including phenoxy) is 1. The fourth-order valence-corrected chi connectivity index (χ4v) is 4.60. The van der Waals surface area contributed by atoms with E-state index in [2.05, 4.69) is 0 Å². The van der Waals surface area contributed by atoms with Crippen LogP contribution in [0.1, 0.15) is 42.1 Å². The van der Waals surface area contributed by atoms with Gasteiger partial charge in [-0.25, -0.2) is 0 Å². The van der Waals surface area contributed by atoms with Crippen LogP contribution in [0.25, 0.3) is 5.76 Å². The number of rotatable bonds is 6. The molecule has 1 N–H and O–H groups in total. The Kier molecular flexibility index (Phi) is 7.71. The third kappa shape index (κ3) is 5.55. The monoisotopic (exact) mass is 537 g/mol. The molecule has 0 saturated carbocycles. The highest BCUT2D eigenvalue weighted by Crippen LogP contribution is 2.42. The third-order valence-electron chi connectivity index (χ3n) is 5.93. The molecule has 1 aliphatic heterocycles. The van der Waals surface area contributed by atoms with E-state index in [0.717, 1.165) is 5.56 Å². The van der Waals surface area contributed by atoms with Crippen LogP contribution in [-0.4, -0.2) is 28.9 Å². The fraction of sp³-hybridized carbons (Fsp3) is 0.207. The zero-order valence-corrected chi connectivity index (χ0v) is 22.0. The van der Waals surface area contributed by atoms with Gasteiger partial charge < -0.3 is 9.84 Å². The summed E-state index contributed by atoms with van der Waals surface area (Å²) in [5, 5.41) is 11.7. The molecule has 1 heterocycles. The van der Waals surface area contributed by atoms with Crippen molar-refractivity contribution in [3.63, 3.8) is 0 Å². The predicted molar refractivity (Wildman–Crippen MR) is 144 cm³/mol. The molecule has 1 atom stereocenters. The van der Waals surface area contributed by atoms with Gasteiger partial charge in [0.25, 0.3) is 11.7 Å². The van der Waals surface area contributed by atoms with Crippen molar-refractivity contribution in [2.24, 2.45) is 0 Å². The number of benzene rings is 3. The van der Waals surface area contributed by atoms with Gasteiger partial charge in [0.05, 0.1) is 34.2 Å². The third-order valence-corrected chi connectivity index (χ3v) is 6.66. The van der Waals surface area contributed by atoms with E-state index in [9.17, 15) is 19.5 Å². The van der Waals surface area contributed by atoms with Gasteiger partial charge in [0.2, 0.25) is 0 Å². The van der Waals surface area contributed by atoms with Crippen LogP contribution in [0.15, 0.2) is 72.3 Å². The highest BCUT2D eigenvalue weighted by molar-refractivity contribution is 6.51. The summed E-state index contributed by atoms with van der Waals surface area (Å²) in [4.78, 5) is 40.0. The van der Waals surface area contributed by atoms with E-state index >= 15 is 0 Å². The van der Waals surface area contributed by atoms with E-state index in [1.807, 2.05) is 25.1 Å². The number of esters is 1. The molecule has 1 aliphatic rings. The average Bonchev–Trinajstić information content (AvgIpc) is 3.11. The molecule has 0 aromatic heterocycles. The minimum absolute atomic E-state index is 0.0569. The number of anilines is 1. The molecule has 0 bridgehead atoms. The molecular formula is C29H25Cl2NO5. The summed E-state index contributed by atoms with van der Waals surface area (Å²) in [7, 11) is 0. The molecule has 1 amide bonds. The van der Waals surface area contributed by atoms with Gasteiger partial charge in [-0.3, -0.25) is 19.3 Å². The number of halogens is 2. The lowest BCUT2D eigenvalue weighted by atomic mass is 9.94. The number of amides is 1. The zero-order chi connectivity index (χ0) is 26.9. The average molecular weight is 538 g/mol. The molecule has 6 nitrogen and oxygen atoms in total. The summed E-state index contributed by atoms with van der Waals surface area (Å²) < 4.78 is 5.20. The smallest absolute Gasteiger partial charge is 0.310 e. The van der Waals surface area contributed by atoms with Gasteiger partial charge in [0.15, 0.2) is 0 Å². The minimum Gasteiger partial charge on any atom is -0.507 e. The van der Waals surface area contributed by atoms with Crippen molar-refractivity contribution < 1.29 is 24.2 Å². The number of ketones is 1. The second-order valence-electron chi connectivity index (χ2n) is 9.09. The first kappa shape index (κ1) is 26.5. The molecule has 0 spiro atoms. The zero-order valence-electron chi connectivity index (χ0n) is 20.5. The first-order chi connectivity index (χ1) is 17.6. The van der Waals surface area contributed by atoms with Crippen molar-refractivity contribution >= 4 is 52.3 Å². The van der Waals surface area contributed by atoms with E-state index in [1.165, 1.54) is 23.1 Å². The van der Waals surface area contributed by atoms with Gasteiger partial charge in [-0.05, 0) is 62.2 Å². The summed E-state index contributed by atoms with van der Waals surface area (Å²) in [6, 6.07) is 17.8. The molecule has 8 heteroatoms. The van der Waals surface area contributed by atoms with Crippen LogP contribution >= 0.6 is 23.2 Å². The highest BCUT2D eigenvalue weighted by atomic mass is 35.5. The van der Waals surface area contributed by atoms with Gasteiger partial charge in [-0.2, -0.15) is 0 Å². The predicted octanol–water partition coefficient (Wildman–Crippen LogP) is 6.42. The Balaban J connectivity index is 1.80. The number of hydrogen-bond acceptors (Lipinski definition) is 5. The number of carbonyl (C=O) groups excluding carboxylic acids is 3. The number of aliphatic hydroxyl groups excluding tert-OH is 1. The number of nitrogens with zero attached hydrogens (tertiary/aromatic N) is 1. The van der Waals surface area contributed by atoms with Gasteiger partial charge >= 0.3 is 5.97 Å². The molecule has 4 rings (SSSR count). The summed E-state index contributed by atoms with van der Waals surface area (Å²) in [6.07, 6.45) is -0.140. The normalized spacial score (nSPS) is 16.9. The Bertz CT molecular complexity index is 1410. The Morgan fingerprint density at radius 1 is 1.00 bits per heavy atom. The second-order valence-corrected chi connectivity index (χ2v) is 9.91. The molecule has 1 saturated heterocycles. The molecule has 3 aromatic carbocycles. The van der Waals surface area contributed by atoms with Crippen molar-refractivity contribution in [2.45, 2.75) is 39.3 Å². The van der Waals surface area contributed by atoms with Gasteiger partial charge in [-0.1, -0.05) is 65.2 Å². The van der Waals surface area contributed by atoms with Crippen molar-refractivity contribution in [3.8, 4) is 0 Å². The molecule has 37 heavy (non-hydrogen) atoms. The number of Topliss-reactive ketones (excluding diaryl/α,β-unsaturated/α-hetero) is 1. The van der Waals surface area contributed by atoms with Gasteiger partial charge in [-0.15, -0.1) is 0 Å². The SMILES string of the molecule is Cc1cccc(C2/C(=C(/O)c3ccc(Cl)c(Cl)c3)C(=O)C(=O)N2c2ccc(CC(=O)OC(C)C)cc2)c1. The van der Waals surface area contributed by atoms with E-state index in [1.54, 1.807) is 44.2 Å². The fourth-order valence-electron chi connectivity index (χ4n) is 4.30. The second kappa shape index (κ2) is 10.8. The summed E-state index contributed by atoms with van der Waals surface area (Å²) in [5.74, 6) is -2.30. The molecule has 190 valence electrons. The lowest BCUT2D eigenvalue weighted by molar-refractivity contribution is -0.146. The van der Waals surface area contributed by atoms with Crippen LogP contribution in [0, 0.1) is 6.92 Å². The number of hydrogen-bond donors (Lipinski definition) is 1. The van der Waals surface area contributed by atoms with Crippen LogP contribution in [0.4, 0.5) is 5.69 Å². The Hall–Kier alpha value is -3.61. The van der Waals surface area contributed by atoms with Crippen LogP contribution < -0.4 is 4.90 Å². The molecule has 0 aliphatic carbocycles. The quantitative estimate of drug-likeness (QED) is 0.169. The first-order valence-corrected chi connectivity index (χ1v) is 12.4. The van der Waals surface area contributed by atoms with Crippen molar-refractivity contribution in [1.82, 2.24) is 0 Å². The summed E-state index contributed by atoms with van der Waals surface area (Å²) in [5.41, 5.74) is 2.95. The van der Waals surface area contributed by atoms with E-state index in [0.29, 0.717) is 21.8 Å². The van der Waals surface area contributed by atoms with Gasteiger partial charge in [0, 0.05) is 11.3 Å². The number of carbonyl (C=O) groups is 3. The van der Waals surface area contributed by atoms with Crippen LogP contribution in [0.2, 0.25) is 10.0 Å². The van der Waals surface area contributed by atoms with E-state index in [-0.39, 0.29) is 40.4 Å². The molecular weight excluding hydrogens is 513 g/mol. The minimum atomic E-state index is -0.883. The largest absolute Gasteiger partial charge is 0.507 e. The number of aryl methyl sites for hydroxylation is 1. The summed E-state index contributed by atoms with van der Waals surface area (Å²) >= 11 is 12.2. The standard InChI is InChI=1S/C29H25Cl2NO5/c1-16(2)37-24(33)14-18-7-10-21(11-8-18)32-26(19-6-4-5-17(3)13-19)25(28(35)29(32)36)27(34)20-9-12-22(30)23(31)15-20/h4-13,15-16,26,34H,14H2,1-3H3/b27-25-. The van der Waals surface area contributed by atoms with Gasteiger partial charge in [0.1, 0.15) is 5.76 Å². The van der Waals surface area contributed by atoms with Crippen molar-refractivity contribution in [1.29, 1.82) is 0 Å². The van der Waals surface area contributed by atoms with Crippen LogP contribution in [0.3, 0.4) is 0 Å². The topological polar surface area (TPSA) is 83.9 Å². The maximum absolute atomic E-state index is 13.3. The lowest BCUT2D eigenvalue weighted by Gasteiger charge is -2.26. The highest BCUT2D eigenvalue weighted by Gasteiger charge is 2.47. The Labute approximate surface area is 225 Å². The van der Waals surface area contributed by atoms with Crippen LogP contribution in [0.5, 0.6) is 0 Å². The molecule has 0 radical (unpaired) electrons. The molecule has 3 aromatic rings. The Morgan fingerprint density at radius 3 is 2.32 bits per heavy atom. The first-order valence-electron chi connectivity index (χ1n) is 11.7. The Morgan fingerprint density at radius 2 is 1.70 bits per heavy atom. The van der Waals surface area contributed by atoms with Crippen LogP contribution in [-0.2, 0) is 25.5 Å². The molecule has 1 fully saturated rings. The van der Waals surface area contributed by atoms with Crippen molar-refractivity contribution in [3.05, 3.63) is 105 Å². The lowest BCUT2D eigenvalue weighted by Crippen LogP contribution is -2.29. The maximum Gasteiger partial charge on any atom is 0.310 e. The molecule has 1 unspecified atom stereocenters. The van der Waals surface area contributed by atoms with E-state index < -0.39 is 17.7 Å². The number of aliphatic hydroxyl groups is 1. The van der Waals surface area contributed by atoms with E-state index in [4.69, 9.17) is 27.9 Å². The maximum atomic E-state index is 13.3. The van der Waals surface area contributed by atoms with Crippen molar-refractivity contribution in [2.75, 3.05) is 4.90 Å². The summed E-state index contributed by atoms with van der Waals surface area (Å²) in [6.45, 7) is 5.46.